The molecule has 2 saturated heterocycles. The van der Waals surface area contributed by atoms with E-state index in [9.17, 15) is 14.4 Å². The standard InChI is InChI=1S/C22H25N3O3S/c1-15-7-8-17(29-15)20(27)25-12-10-18-22(14-25,11-9-19(26)24-18)21(28)23-13-16-5-3-2-4-6-16/h2-8,18H,9-14H2,1H3,(H,23,28)(H,24,26)/t18-,22+/m1/s1. The smallest absolute Gasteiger partial charge is 0.263 e. The van der Waals surface area contributed by atoms with Gasteiger partial charge in [0.05, 0.1) is 10.3 Å². The van der Waals surface area contributed by atoms with Crippen LogP contribution in [0.5, 0.6) is 0 Å². The van der Waals surface area contributed by atoms with Crippen LogP contribution in [0.25, 0.3) is 0 Å². The normalized spacial score (nSPS) is 23.8. The number of hydrogen-bond donors (Lipinski definition) is 2. The minimum absolute atomic E-state index is 0.0184. The van der Waals surface area contributed by atoms with Crippen molar-refractivity contribution in [2.45, 2.75) is 38.8 Å². The summed E-state index contributed by atoms with van der Waals surface area (Å²) in [6, 6.07) is 13.3. The molecule has 152 valence electrons. The largest absolute Gasteiger partial charge is 0.352 e. The summed E-state index contributed by atoms with van der Waals surface area (Å²) >= 11 is 1.47. The van der Waals surface area contributed by atoms with E-state index in [4.69, 9.17) is 0 Å². The van der Waals surface area contributed by atoms with Crippen LogP contribution in [-0.2, 0) is 16.1 Å². The summed E-state index contributed by atoms with van der Waals surface area (Å²) in [6.07, 6.45) is 1.34. The van der Waals surface area contributed by atoms with Gasteiger partial charge in [0.1, 0.15) is 0 Å². The molecular weight excluding hydrogens is 386 g/mol. The third kappa shape index (κ3) is 3.92. The first kappa shape index (κ1) is 19.6. The molecule has 1 aromatic heterocycles. The Morgan fingerprint density at radius 3 is 2.76 bits per heavy atom. The van der Waals surface area contributed by atoms with Gasteiger partial charge in [-0.15, -0.1) is 11.3 Å². The van der Waals surface area contributed by atoms with E-state index < -0.39 is 5.41 Å². The molecule has 0 bridgehead atoms. The maximum absolute atomic E-state index is 13.3. The number of piperidine rings is 2. The zero-order valence-corrected chi connectivity index (χ0v) is 17.3. The SMILES string of the molecule is Cc1ccc(C(=O)N2CC[C@H]3NC(=O)CC[C@]3(C(=O)NCc3ccccc3)C2)s1. The van der Waals surface area contributed by atoms with Gasteiger partial charge in [-0.3, -0.25) is 14.4 Å². The summed E-state index contributed by atoms with van der Waals surface area (Å²) in [6.45, 7) is 3.27. The molecular formula is C22H25N3O3S. The number of nitrogens with zero attached hydrogens (tertiary/aromatic N) is 1. The fourth-order valence-electron chi connectivity index (χ4n) is 4.33. The molecule has 0 unspecified atom stereocenters. The molecule has 2 N–H and O–H groups in total. The van der Waals surface area contributed by atoms with Gasteiger partial charge in [-0.2, -0.15) is 0 Å². The van der Waals surface area contributed by atoms with Gasteiger partial charge in [-0.05, 0) is 37.5 Å². The molecule has 6 nitrogen and oxygen atoms in total. The van der Waals surface area contributed by atoms with E-state index in [1.165, 1.54) is 11.3 Å². The molecule has 2 aliphatic heterocycles. The van der Waals surface area contributed by atoms with Gasteiger partial charge in [-0.1, -0.05) is 30.3 Å². The number of amides is 3. The van der Waals surface area contributed by atoms with Crippen molar-refractivity contribution in [3.8, 4) is 0 Å². The first-order valence-corrected chi connectivity index (χ1v) is 10.8. The van der Waals surface area contributed by atoms with E-state index in [1.807, 2.05) is 49.4 Å². The Hall–Kier alpha value is -2.67. The number of hydrogen-bond acceptors (Lipinski definition) is 4. The van der Waals surface area contributed by atoms with Crippen LogP contribution >= 0.6 is 11.3 Å². The molecule has 7 heteroatoms. The number of aryl methyl sites for hydroxylation is 1. The third-order valence-electron chi connectivity index (χ3n) is 5.95. The lowest BCUT2D eigenvalue weighted by Crippen LogP contribution is -2.66. The first-order valence-electron chi connectivity index (χ1n) is 9.95. The molecule has 1 aromatic carbocycles. The van der Waals surface area contributed by atoms with Crippen LogP contribution in [0.15, 0.2) is 42.5 Å². The van der Waals surface area contributed by atoms with Crippen molar-refractivity contribution in [3.05, 3.63) is 57.8 Å². The first-order chi connectivity index (χ1) is 14.0. The van der Waals surface area contributed by atoms with Gasteiger partial charge in [0, 0.05) is 37.0 Å². The highest BCUT2D eigenvalue weighted by molar-refractivity contribution is 7.13. The second-order valence-corrected chi connectivity index (χ2v) is 9.16. The Labute approximate surface area is 174 Å². The summed E-state index contributed by atoms with van der Waals surface area (Å²) < 4.78 is 0. The van der Waals surface area contributed by atoms with Crippen molar-refractivity contribution in [2.75, 3.05) is 13.1 Å². The predicted octanol–water partition coefficient (Wildman–Crippen LogP) is 2.48. The van der Waals surface area contributed by atoms with E-state index in [0.29, 0.717) is 43.8 Å². The third-order valence-corrected chi connectivity index (χ3v) is 6.94. The minimum atomic E-state index is -0.789. The fraction of sp³-hybridized carbons (Fsp3) is 0.409. The summed E-state index contributed by atoms with van der Waals surface area (Å²) in [4.78, 5) is 41.9. The van der Waals surface area contributed by atoms with Gasteiger partial charge >= 0.3 is 0 Å². The Morgan fingerprint density at radius 2 is 2.03 bits per heavy atom. The number of carbonyl (C=O) groups is 3. The van der Waals surface area contributed by atoms with Crippen molar-refractivity contribution in [1.29, 1.82) is 0 Å². The van der Waals surface area contributed by atoms with Crippen molar-refractivity contribution < 1.29 is 14.4 Å². The number of likely N-dealkylation sites (tertiary alicyclic amines) is 1. The molecule has 2 aliphatic rings. The lowest BCUT2D eigenvalue weighted by molar-refractivity contribution is -0.142. The molecule has 3 heterocycles. The number of thiophene rings is 1. The molecule has 2 aromatic rings. The second kappa shape index (κ2) is 7.99. The maximum atomic E-state index is 13.3. The quantitative estimate of drug-likeness (QED) is 0.811. The number of fused-ring (bicyclic) bond motifs is 1. The second-order valence-electron chi connectivity index (χ2n) is 7.87. The number of nitrogens with one attached hydrogen (secondary N) is 2. The Morgan fingerprint density at radius 1 is 1.24 bits per heavy atom. The monoisotopic (exact) mass is 411 g/mol. The molecule has 0 aliphatic carbocycles. The summed E-state index contributed by atoms with van der Waals surface area (Å²) in [5.41, 5.74) is 0.231. The van der Waals surface area contributed by atoms with E-state index in [1.54, 1.807) is 4.90 Å². The minimum Gasteiger partial charge on any atom is -0.352 e. The van der Waals surface area contributed by atoms with Crippen LogP contribution in [-0.4, -0.2) is 41.8 Å². The van der Waals surface area contributed by atoms with Crippen LogP contribution in [0, 0.1) is 12.3 Å². The molecule has 2 fully saturated rings. The molecule has 0 spiro atoms. The fourth-order valence-corrected chi connectivity index (χ4v) is 5.17. The predicted molar refractivity (Wildman–Crippen MR) is 111 cm³/mol. The van der Waals surface area contributed by atoms with Gasteiger partial charge in [0.25, 0.3) is 5.91 Å². The van der Waals surface area contributed by atoms with Crippen molar-refractivity contribution in [1.82, 2.24) is 15.5 Å². The van der Waals surface area contributed by atoms with Crippen molar-refractivity contribution >= 4 is 29.1 Å². The average Bonchev–Trinajstić information content (AvgIpc) is 3.18. The molecule has 0 radical (unpaired) electrons. The van der Waals surface area contributed by atoms with Gasteiger partial charge in [-0.25, -0.2) is 0 Å². The Balaban J connectivity index is 1.54. The lowest BCUT2D eigenvalue weighted by Gasteiger charge is -2.49. The highest BCUT2D eigenvalue weighted by Crippen LogP contribution is 2.39. The van der Waals surface area contributed by atoms with E-state index >= 15 is 0 Å². The topological polar surface area (TPSA) is 78.5 Å². The highest BCUT2D eigenvalue weighted by Gasteiger charge is 2.52. The molecule has 0 saturated carbocycles. The molecule has 4 rings (SSSR count). The van der Waals surface area contributed by atoms with Crippen LogP contribution in [0.4, 0.5) is 0 Å². The zero-order chi connectivity index (χ0) is 20.4. The van der Waals surface area contributed by atoms with Crippen LogP contribution in [0.1, 0.15) is 39.4 Å². The molecule has 29 heavy (non-hydrogen) atoms. The van der Waals surface area contributed by atoms with Gasteiger partial charge in [0.15, 0.2) is 0 Å². The van der Waals surface area contributed by atoms with Crippen LogP contribution in [0.3, 0.4) is 0 Å². The Bertz CT molecular complexity index is 926. The number of carbonyl (C=O) groups excluding carboxylic acids is 3. The lowest BCUT2D eigenvalue weighted by atomic mass is 9.69. The maximum Gasteiger partial charge on any atom is 0.263 e. The molecule has 3 amide bonds. The summed E-state index contributed by atoms with van der Waals surface area (Å²) in [7, 11) is 0. The molecule has 2 atom stereocenters. The zero-order valence-electron chi connectivity index (χ0n) is 16.4. The summed E-state index contributed by atoms with van der Waals surface area (Å²) in [5, 5.41) is 6.06. The van der Waals surface area contributed by atoms with E-state index in [-0.39, 0.29) is 23.8 Å². The van der Waals surface area contributed by atoms with E-state index in [2.05, 4.69) is 10.6 Å². The van der Waals surface area contributed by atoms with Gasteiger partial charge < -0.3 is 15.5 Å². The van der Waals surface area contributed by atoms with Crippen molar-refractivity contribution in [3.63, 3.8) is 0 Å². The summed E-state index contributed by atoms with van der Waals surface area (Å²) in [5.74, 6) is -0.143. The average molecular weight is 412 g/mol. The number of benzene rings is 1. The number of rotatable bonds is 4. The van der Waals surface area contributed by atoms with Crippen LogP contribution < -0.4 is 10.6 Å². The Kier molecular flexibility index (Phi) is 5.41. The van der Waals surface area contributed by atoms with E-state index in [0.717, 1.165) is 10.4 Å². The van der Waals surface area contributed by atoms with Crippen molar-refractivity contribution in [2.24, 2.45) is 5.41 Å². The highest BCUT2D eigenvalue weighted by atomic mass is 32.1. The van der Waals surface area contributed by atoms with Gasteiger partial charge in [0.2, 0.25) is 11.8 Å². The van der Waals surface area contributed by atoms with Crippen LogP contribution in [0.2, 0.25) is 0 Å².